The summed E-state index contributed by atoms with van der Waals surface area (Å²) in [5.41, 5.74) is 2.23. The Bertz CT molecular complexity index is 1380. The lowest BCUT2D eigenvalue weighted by Gasteiger charge is -2.42. The fourth-order valence-corrected chi connectivity index (χ4v) is 5.16. The lowest BCUT2D eigenvalue weighted by Crippen LogP contribution is -2.48. The molecular formula is C28H35F3N4O3. The number of nitrogens with zero attached hydrogens (tertiary/aromatic N) is 3. The number of halogens is 3. The van der Waals surface area contributed by atoms with E-state index in [9.17, 15) is 22.8 Å². The van der Waals surface area contributed by atoms with Crippen molar-refractivity contribution < 1.29 is 22.7 Å². The SMILES string of the molecule is Cn1c(=O)n(CC(C)(C)C)c2ccc(C3CCC(C)(C)C(NC(=O)c4ccc(OC(F)(F)F)cc4)C3)nc21. The lowest BCUT2D eigenvalue weighted by atomic mass is 9.68. The average molecular weight is 533 g/mol. The lowest BCUT2D eigenvalue weighted by molar-refractivity contribution is -0.274. The highest BCUT2D eigenvalue weighted by Gasteiger charge is 2.38. The monoisotopic (exact) mass is 532 g/mol. The first kappa shape index (κ1) is 27.7. The number of benzene rings is 1. The van der Waals surface area contributed by atoms with E-state index in [0.29, 0.717) is 18.6 Å². The molecule has 2 unspecified atom stereocenters. The number of nitrogens with one attached hydrogen (secondary N) is 1. The van der Waals surface area contributed by atoms with Crippen molar-refractivity contribution in [2.45, 2.75) is 78.7 Å². The number of carbonyl (C=O) groups is 1. The van der Waals surface area contributed by atoms with Crippen LogP contribution in [0.3, 0.4) is 0 Å². The minimum atomic E-state index is -4.79. The van der Waals surface area contributed by atoms with Gasteiger partial charge in [0, 0.05) is 36.8 Å². The van der Waals surface area contributed by atoms with Gasteiger partial charge in [-0.2, -0.15) is 0 Å². The predicted octanol–water partition coefficient (Wildman–Crippen LogP) is 5.77. The predicted molar refractivity (Wildman–Crippen MR) is 139 cm³/mol. The zero-order valence-corrected chi connectivity index (χ0v) is 22.6. The number of hydrogen-bond donors (Lipinski definition) is 1. The van der Waals surface area contributed by atoms with Crippen LogP contribution in [0.1, 0.15) is 75.9 Å². The highest BCUT2D eigenvalue weighted by atomic mass is 19.4. The third kappa shape index (κ3) is 6.05. The van der Waals surface area contributed by atoms with Crippen LogP contribution in [-0.4, -0.2) is 32.4 Å². The normalized spacial score (nSPS) is 19.9. The standard InChI is InChI=1S/C28H35F3N4O3/c1-26(2,3)16-35-21-12-11-20(32-23(21)34(6)25(35)37)18-13-14-27(4,5)22(15-18)33-24(36)17-7-9-19(10-8-17)38-28(29,30)31/h7-12,18,22H,13-16H2,1-6H3,(H,33,36). The number of fused-ring (bicyclic) bond motifs is 1. The number of aromatic nitrogens is 3. The molecule has 10 heteroatoms. The molecule has 3 aromatic rings. The molecule has 7 nitrogen and oxygen atoms in total. The van der Waals surface area contributed by atoms with E-state index in [0.717, 1.165) is 36.2 Å². The summed E-state index contributed by atoms with van der Waals surface area (Å²) in [4.78, 5) is 30.8. The molecule has 1 aromatic carbocycles. The molecule has 1 aliphatic rings. The van der Waals surface area contributed by atoms with E-state index in [1.807, 2.05) is 12.1 Å². The van der Waals surface area contributed by atoms with Crippen molar-refractivity contribution in [3.63, 3.8) is 0 Å². The van der Waals surface area contributed by atoms with Gasteiger partial charge in [-0.1, -0.05) is 34.6 Å². The van der Waals surface area contributed by atoms with Crippen LogP contribution >= 0.6 is 0 Å². The first-order valence-electron chi connectivity index (χ1n) is 12.8. The number of alkyl halides is 3. The number of hydrogen-bond acceptors (Lipinski definition) is 4. The van der Waals surface area contributed by atoms with Crippen LogP contribution in [-0.2, 0) is 13.6 Å². The molecule has 0 saturated heterocycles. The number of imidazole rings is 1. The van der Waals surface area contributed by atoms with E-state index in [1.165, 1.54) is 12.1 Å². The van der Waals surface area contributed by atoms with E-state index in [-0.39, 0.29) is 45.7 Å². The van der Waals surface area contributed by atoms with Gasteiger partial charge in [0.05, 0.1) is 5.52 Å². The van der Waals surface area contributed by atoms with Crippen molar-refractivity contribution >= 4 is 17.1 Å². The molecule has 0 bridgehead atoms. The average Bonchev–Trinajstić information content (AvgIpc) is 3.03. The zero-order chi connectivity index (χ0) is 28.0. The van der Waals surface area contributed by atoms with E-state index in [4.69, 9.17) is 4.98 Å². The minimum absolute atomic E-state index is 0.0666. The minimum Gasteiger partial charge on any atom is -0.406 e. The molecule has 2 aromatic heterocycles. The second-order valence-electron chi connectivity index (χ2n) is 12.1. The van der Waals surface area contributed by atoms with Gasteiger partial charge in [-0.15, -0.1) is 13.2 Å². The molecule has 2 heterocycles. The smallest absolute Gasteiger partial charge is 0.406 e. The Kier molecular flexibility index (Phi) is 7.14. The Morgan fingerprint density at radius 2 is 1.79 bits per heavy atom. The van der Waals surface area contributed by atoms with Crippen molar-refractivity contribution in [3.8, 4) is 5.75 Å². The van der Waals surface area contributed by atoms with E-state index in [2.05, 4.69) is 44.7 Å². The molecule has 0 aliphatic heterocycles. The number of ether oxygens (including phenoxy) is 1. The Labute approximate surface area is 220 Å². The Hall–Kier alpha value is -3.30. The third-order valence-corrected chi connectivity index (χ3v) is 7.31. The topological polar surface area (TPSA) is 78.2 Å². The molecule has 2 atom stereocenters. The summed E-state index contributed by atoms with van der Waals surface area (Å²) in [6.07, 6.45) is -2.39. The van der Waals surface area contributed by atoms with E-state index >= 15 is 0 Å². The molecule has 1 aliphatic carbocycles. The van der Waals surface area contributed by atoms with E-state index < -0.39 is 6.36 Å². The van der Waals surface area contributed by atoms with Crippen LogP contribution in [0.15, 0.2) is 41.2 Å². The summed E-state index contributed by atoms with van der Waals surface area (Å²) in [5.74, 6) is -0.645. The first-order valence-corrected chi connectivity index (χ1v) is 12.8. The number of pyridine rings is 1. The summed E-state index contributed by atoms with van der Waals surface area (Å²) in [5, 5.41) is 3.09. The fourth-order valence-electron chi connectivity index (χ4n) is 5.16. The number of rotatable bonds is 5. The van der Waals surface area contributed by atoms with Crippen LogP contribution < -0.4 is 15.7 Å². The van der Waals surface area contributed by atoms with E-state index in [1.54, 1.807) is 16.2 Å². The summed E-state index contributed by atoms with van der Waals surface area (Å²) >= 11 is 0. The zero-order valence-electron chi connectivity index (χ0n) is 22.6. The highest BCUT2D eigenvalue weighted by Crippen LogP contribution is 2.42. The summed E-state index contributed by atoms with van der Waals surface area (Å²) < 4.78 is 44.6. The Balaban J connectivity index is 1.53. The fraction of sp³-hybridized carbons (Fsp3) is 0.536. The first-order chi connectivity index (χ1) is 17.5. The number of amides is 1. The quantitative estimate of drug-likeness (QED) is 0.453. The molecule has 206 valence electrons. The molecule has 0 radical (unpaired) electrons. The maximum Gasteiger partial charge on any atom is 0.573 e. The van der Waals surface area contributed by atoms with Gasteiger partial charge in [-0.05, 0) is 66.5 Å². The van der Waals surface area contributed by atoms with Crippen LogP contribution in [0.4, 0.5) is 13.2 Å². The Morgan fingerprint density at radius 3 is 2.39 bits per heavy atom. The van der Waals surface area contributed by atoms with Gasteiger partial charge >= 0.3 is 12.1 Å². The van der Waals surface area contributed by atoms with Gasteiger partial charge < -0.3 is 10.1 Å². The van der Waals surface area contributed by atoms with Crippen LogP contribution in [0, 0.1) is 10.8 Å². The van der Waals surface area contributed by atoms with Crippen molar-refractivity contribution in [1.29, 1.82) is 0 Å². The van der Waals surface area contributed by atoms with Crippen molar-refractivity contribution in [1.82, 2.24) is 19.4 Å². The molecule has 1 fully saturated rings. The van der Waals surface area contributed by atoms with Crippen LogP contribution in [0.5, 0.6) is 5.75 Å². The molecule has 4 rings (SSSR count). The van der Waals surface area contributed by atoms with Crippen LogP contribution in [0.2, 0.25) is 0 Å². The molecular weight excluding hydrogens is 497 g/mol. The Morgan fingerprint density at radius 1 is 1.13 bits per heavy atom. The van der Waals surface area contributed by atoms with Gasteiger partial charge in [0.25, 0.3) is 5.91 Å². The second-order valence-corrected chi connectivity index (χ2v) is 12.1. The second kappa shape index (κ2) is 9.78. The maximum atomic E-state index is 13.0. The highest BCUT2D eigenvalue weighted by molar-refractivity contribution is 5.94. The van der Waals surface area contributed by atoms with Crippen LogP contribution in [0.25, 0.3) is 11.2 Å². The number of aryl methyl sites for hydroxylation is 1. The largest absolute Gasteiger partial charge is 0.573 e. The van der Waals surface area contributed by atoms with Gasteiger partial charge in [0.15, 0.2) is 5.65 Å². The molecule has 38 heavy (non-hydrogen) atoms. The molecule has 1 saturated carbocycles. The van der Waals surface area contributed by atoms with Gasteiger partial charge in [-0.25, -0.2) is 9.78 Å². The molecule has 0 spiro atoms. The maximum absolute atomic E-state index is 13.0. The summed E-state index contributed by atoms with van der Waals surface area (Å²) in [6.45, 7) is 11.0. The molecule has 1 amide bonds. The molecule has 1 N–H and O–H groups in total. The van der Waals surface area contributed by atoms with Crippen molar-refractivity contribution in [2.75, 3.05) is 0 Å². The summed E-state index contributed by atoms with van der Waals surface area (Å²) in [7, 11) is 1.73. The van der Waals surface area contributed by atoms with Crippen molar-refractivity contribution in [2.24, 2.45) is 17.9 Å². The number of carbonyl (C=O) groups excluding carboxylic acids is 1. The summed E-state index contributed by atoms with van der Waals surface area (Å²) in [6, 6.07) is 8.67. The van der Waals surface area contributed by atoms with Crippen molar-refractivity contribution in [3.05, 3.63) is 58.1 Å². The van der Waals surface area contributed by atoms with Gasteiger partial charge in [-0.3, -0.25) is 13.9 Å². The third-order valence-electron chi connectivity index (χ3n) is 7.31. The van der Waals surface area contributed by atoms with Gasteiger partial charge in [0.1, 0.15) is 5.75 Å². The van der Waals surface area contributed by atoms with Gasteiger partial charge in [0.2, 0.25) is 0 Å².